The smallest absolute Gasteiger partial charge is 0.228 e. The van der Waals surface area contributed by atoms with E-state index >= 15 is 0 Å². The van der Waals surface area contributed by atoms with Crippen molar-refractivity contribution in [1.29, 1.82) is 0 Å². The number of hydrogen-bond acceptors (Lipinski definition) is 6. The Balaban J connectivity index is 1.44. The molecule has 1 saturated heterocycles. The molecule has 0 aliphatic carbocycles. The molecule has 6 nitrogen and oxygen atoms in total. The van der Waals surface area contributed by atoms with E-state index < -0.39 is 0 Å². The van der Waals surface area contributed by atoms with Crippen molar-refractivity contribution in [2.45, 2.75) is 33.1 Å². The summed E-state index contributed by atoms with van der Waals surface area (Å²) in [5.41, 5.74) is 0.814. The Morgan fingerprint density at radius 1 is 1.29 bits per heavy atom. The highest BCUT2D eigenvalue weighted by Crippen LogP contribution is 2.33. The van der Waals surface area contributed by atoms with E-state index in [1.165, 1.54) is 22.7 Å². The summed E-state index contributed by atoms with van der Waals surface area (Å²) in [5.74, 6) is 0.165. The van der Waals surface area contributed by atoms with Crippen LogP contribution in [-0.4, -0.2) is 66.9 Å². The first-order chi connectivity index (χ1) is 14.6. The van der Waals surface area contributed by atoms with Gasteiger partial charge in [0.05, 0.1) is 21.3 Å². The van der Waals surface area contributed by atoms with Crippen LogP contribution in [0.25, 0.3) is 9.88 Å². The molecule has 3 rings (SSSR count). The topological polar surface area (TPSA) is 65.5 Å². The lowest BCUT2D eigenvalue weighted by atomic mass is 9.91. The highest BCUT2D eigenvalue weighted by atomic mass is 35.5. The van der Waals surface area contributed by atoms with Gasteiger partial charge in [0, 0.05) is 37.5 Å². The molecular formula is C22H31ClN4O2S2. The van der Waals surface area contributed by atoms with Gasteiger partial charge in [0.2, 0.25) is 11.8 Å². The maximum Gasteiger partial charge on any atom is 0.228 e. The van der Waals surface area contributed by atoms with Crippen LogP contribution in [0.4, 0.5) is 0 Å². The lowest BCUT2D eigenvalue weighted by Crippen LogP contribution is -2.46. The first-order valence-corrected chi connectivity index (χ1v) is 12.6. The maximum atomic E-state index is 12.7. The van der Waals surface area contributed by atoms with Crippen LogP contribution >= 0.6 is 34.3 Å². The molecule has 0 unspecified atom stereocenters. The summed E-state index contributed by atoms with van der Waals surface area (Å²) >= 11 is 9.03. The number of thiophene rings is 1. The number of halogens is 1. The number of likely N-dealkylation sites (tertiary alicyclic amines) is 1. The van der Waals surface area contributed by atoms with Crippen molar-refractivity contribution in [2.75, 3.05) is 40.3 Å². The minimum atomic E-state index is -0.0198. The zero-order valence-corrected chi connectivity index (χ0v) is 21.0. The summed E-state index contributed by atoms with van der Waals surface area (Å²) in [7, 11) is 4.08. The third-order valence-corrected chi connectivity index (χ3v) is 7.66. The van der Waals surface area contributed by atoms with Crippen molar-refractivity contribution < 1.29 is 9.59 Å². The molecule has 31 heavy (non-hydrogen) atoms. The van der Waals surface area contributed by atoms with Crippen LogP contribution in [-0.2, 0) is 16.0 Å². The fourth-order valence-electron chi connectivity index (χ4n) is 3.97. The summed E-state index contributed by atoms with van der Waals surface area (Å²) in [6.07, 6.45) is 1.72. The Hall–Kier alpha value is -1.48. The predicted octanol–water partition coefficient (Wildman–Crippen LogP) is 4.01. The van der Waals surface area contributed by atoms with E-state index in [0.29, 0.717) is 38.9 Å². The molecule has 0 spiro atoms. The number of rotatable bonds is 8. The van der Waals surface area contributed by atoms with Crippen molar-refractivity contribution in [3.63, 3.8) is 0 Å². The van der Waals surface area contributed by atoms with Gasteiger partial charge in [-0.25, -0.2) is 4.98 Å². The number of aromatic nitrogens is 1. The van der Waals surface area contributed by atoms with Gasteiger partial charge in [0.25, 0.3) is 0 Å². The number of carbonyl (C=O) groups excluding carboxylic acids is 2. The first-order valence-electron chi connectivity index (χ1n) is 10.5. The lowest BCUT2D eigenvalue weighted by Gasteiger charge is -2.33. The fraction of sp³-hybridized carbons (Fsp3) is 0.591. The SMILES string of the molecule is CN(C)CC(C)(C)CNC(=O)C1CCN(C(=O)Cc2csc(-c3ccc(Cl)s3)n2)CC1. The lowest BCUT2D eigenvalue weighted by molar-refractivity contribution is -0.135. The van der Waals surface area contributed by atoms with Crippen LogP contribution in [0.3, 0.4) is 0 Å². The van der Waals surface area contributed by atoms with Gasteiger partial charge in [0.15, 0.2) is 0 Å². The van der Waals surface area contributed by atoms with E-state index in [1.54, 1.807) is 0 Å². The molecule has 1 N–H and O–H groups in total. The van der Waals surface area contributed by atoms with Crippen molar-refractivity contribution in [3.05, 3.63) is 27.5 Å². The quantitative estimate of drug-likeness (QED) is 0.617. The molecular weight excluding hydrogens is 452 g/mol. The van der Waals surface area contributed by atoms with Gasteiger partial charge in [-0.3, -0.25) is 9.59 Å². The monoisotopic (exact) mass is 482 g/mol. The van der Waals surface area contributed by atoms with Gasteiger partial charge in [-0.15, -0.1) is 22.7 Å². The summed E-state index contributed by atoms with van der Waals surface area (Å²) in [5, 5.41) is 5.95. The van der Waals surface area contributed by atoms with Crippen LogP contribution in [0.2, 0.25) is 4.34 Å². The number of thiazole rings is 1. The third-order valence-electron chi connectivity index (χ3n) is 5.37. The Bertz CT molecular complexity index is 901. The minimum absolute atomic E-state index is 0.0198. The van der Waals surface area contributed by atoms with Crippen LogP contribution in [0.15, 0.2) is 17.5 Å². The van der Waals surface area contributed by atoms with Gasteiger partial charge in [-0.05, 0) is 44.5 Å². The molecule has 0 atom stereocenters. The van der Waals surface area contributed by atoms with Crippen molar-refractivity contribution in [2.24, 2.45) is 11.3 Å². The van der Waals surface area contributed by atoms with Gasteiger partial charge < -0.3 is 15.1 Å². The minimum Gasteiger partial charge on any atom is -0.355 e. The summed E-state index contributed by atoms with van der Waals surface area (Å²) < 4.78 is 0.732. The van der Waals surface area contributed by atoms with Crippen molar-refractivity contribution in [3.8, 4) is 9.88 Å². The Morgan fingerprint density at radius 3 is 2.61 bits per heavy atom. The molecule has 2 aromatic heterocycles. The second kappa shape index (κ2) is 10.4. The van der Waals surface area contributed by atoms with E-state index in [-0.39, 0.29) is 23.1 Å². The van der Waals surface area contributed by atoms with Gasteiger partial charge in [0.1, 0.15) is 5.01 Å². The Kier molecular flexibility index (Phi) is 8.13. The van der Waals surface area contributed by atoms with E-state index in [1.807, 2.05) is 36.5 Å². The predicted molar refractivity (Wildman–Crippen MR) is 129 cm³/mol. The zero-order chi connectivity index (χ0) is 22.6. The molecule has 1 aliphatic rings. The third kappa shape index (κ3) is 7.00. The molecule has 0 bridgehead atoms. The standard InChI is InChI=1S/C22H31ClN4O2S2/c1-22(2,14-26(3)4)13-24-20(29)15-7-9-27(10-8-15)19(28)11-16-12-30-21(25-16)17-5-6-18(23)31-17/h5-6,12,15H,7-11,13-14H2,1-4H3,(H,24,29). The maximum absolute atomic E-state index is 12.7. The molecule has 0 radical (unpaired) electrons. The Labute approximate surface area is 197 Å². The fourth-order valence-corrected chi connectivity index (χ4v) is 5.91. The molecule has 1 fully saturated rings. The van der Waals surface area contributed by atoms with Crippen LogP contribution in [0.1, 0.15) is 32.4 Å². The second-order valence-electron chi connectivity index (χ2n) is 9.20. The molecule has 3 heterocycles. The van der Waals surface area contributed by atoms with E-state index in [0.717, 1.165) is 26.5 Å². The second-order valence-corrected chi connectivity index (χ2v) is 11.8. The summed E-state index contributed by atoms with van der Waals surface area (Å²) in [6, 6.07) is 3.81. The highest BCUT2D eigenvalue weighted by molar-refractivity contribution is 7.23. The number of nitrogens with one attached hydrogen (secondary N) is 1. The van der Waals surface area contributed by atoms with Gasteiger partial charge >= 0.3 is 0 Å². The normalized spacial score (nSPS) is 15.5. The van der Waals surface area contributed by atoms with Crippen LogP contribution < -0.4 is 5.32 Å². The van der Waals surface area contributed by atoms with E-state index in [4.69, 9.17) is 11.6 Å². The summed E-state index contributed by atoms with van der Waals surface area (Å²) in [6.45, 7) is 7.13. The van der Waals surface area contributed by atoms with Crippen LogP contribution in [0.5, 0.6) is 0 Å². The van der Waals surface area contributed by atoms with Crippen LogP contribution in [0, 0.1) is 11.3 Å². The Morgan fingerprint density at radius 2 is 2.00 bits per heavy atom. The van der Waals surface area contributed by atoms with Crippen molar-refractivity contribution >= 4 is 46.1 Å². The average molecular weight is 483 g/mol. The molecule has 170 valence electrons. The van der Waals surface area contributed by atoms with Gasteiger partial charge in [-0.2, -0.15) is 0 Å². The molecule has 0 aromatic carbocycles. The number of nitrogens with zero attached hydrogens (tertiary/aromatic N) is 3. The van der Waals surface area contributed by atoms with Crippen molar-refractivity contribution in [1.82, 2.24) is 20.1 Å². The molecule has 9 heteroatoms. The summed E-state index contributed by atoms with van der Waals surface area (Å²) in [4.78, 5) is 34.9. The molecule has 2 amide bonds. The van der Waals surface area contributed by atoms with E-state index in [9.17, 15) is 9.59 Å². The molecule has 0 saturated carbocycles. The zero-order valence-electron chi connectivity index (χ0n) is 18.6. The average Bonchev–Trinajstić information content (AvgIpc) is 3.34. The first kappa shape index (κ1) is 24.2. The number of piperidine rings is 1. The molecule has 2 aromatic rings. The molecule has 1 aliphatic heterocycles. The number of hydrogen-bond donors (Lipinski definition) is 1. The number of carbonyl (C=O) groups is 2. The van der Waals surface area contributed by atoms with E-state index in [2.05, 4.69) is 29.0 Å². The largest absolute Gasteiger partial charge is 0.355 e. The highest BCUT2D eigenvalue weighted by Gasteiger charge is 2.29. The van der Waals surface area contributed by atoms with Gasteiger partial charge in [-0.1, -0.05) is 25.4 Å². The number of amides is 2.